The van der Waals surface area contributed by atoms with Crippen LogP contribution in [0.5, 0.6) is 0 Å². The highest BCUT2D eigenvalue weighted by Crippen LogP contribution is 2.12. The molecule has 0 aliphatic heterocycles. The molecule has 1 rings (SSSR count). The predicted octanol–water partition coefficient (Wildman–Crippen LogP) is 1.46. The number of ketones is 1. The molecular weight excluding hydrogens is 190 g/mol. The Hall–Kier alpha value is -1.16. The van der Waals surface area contributed by atoms with E-state index in [9.17, 15) is 4.79 Å². The third kappa shape index (κ3) is 2.89. The van der Waals surface area contributed by atoms with Gasteiger partial charge in [0.15, 0.2) is 5.78 Å². The first kappa shape index (κ1) is 11.9. The molecule has 1 aromatic rings. The van der Waals surface area contributed by atoms with Gasteiger partial charge in [0.2, 0.25) is 0 Å². The molecule has 1 unspecified atom stereocenters. The molecule has 1 atom stereocenters. The monoisotopic (exact) mass is 209 g/mol. The van der Waals surface area contributed by atoms with E-state index < -0.39 is 0 Å². The molecule has 0 saturated heterocycles. The van der Waals surface area contributed by atoms with Crippen molar-refractivity contribution < 1.29 is 4.79 Å². The van der Waals surface area contributed by atoms with Gasteiger partial charge in [0.25, 0.3) is 0 Å². The fourth-order valence-electron chi connectivity index (χ4n) is 1.60. The van der Waals surface area contributed by atoms with Crippen molar-refractivity contribution >= 4 is 5.78 Å². The van der Waals surface area contributed by atoms with Crippen LogP contribution in [0.25, 0.3) is 0 Å². The second kappa shape index (κ2) is 5.66. The van der Waals surface area contributed by atoms with Crippen LogP contribution < -0.4 is 5.73 Å². The van der Waals surface area contributed by atoms with Crippen molar-refractivity contribution in [3.05, 3.63) is 18.0 Å². The Morgan fingerprint density at radius 1 is 1.60 bits per heavy atom. The van der Waals surface area contributed by atoms with E-state index in [-0.39, 0.29) is 11.7 Å². The number of nitrogens with two attached hydrogens (primary N) is 1. The smallest absolute Gasteiger partial charge is 0.170 e. The number of hydrogen-bond acceptors (Lipinski definition) is 3. The van der Waals surface area contributed by atoms with Gasteiger partial charge in [0.1, 0.15) is 0 Å². The van der Waals surface area contributed by atoms with E-state index in [1.54, 1.807) is 17.1 Å². The summed E-state index contributed by atoms with van der Waals surface area (Å²) in [5.41, 5.74) is 6.27. The predicted molar refractivity (Wildman–Crippen MR) is 59.7 cm³/mol. The number of hydrogen-bond donors (Lipinski definition) is 1. The molecule has 4 heteroatoms. The quantitative estimate of drug-likeness (QED) is 0.721. The molecule has 0 aromatic carbocycles. The minimum absolute atomic E-state index is 0.0514. The van der Waals surface area contributed by atoms with Crippen molar-refractivity contribution in [3.8, 4) is 0 Å². The molecule has 4 nitrogen and oxygen atoms in total. The van der Waals surface area contributed by atoms with Gasteiger partial charge in [-0.25, -0.2) is 0 Å². The Balaban J connectivity index is 2.73. The van der Waals surface area contributed by atoms with Crippen molar-refractivity contribution in [2.45, 2.75) is 33.2 Å². The molecular formula is C11H19N3O. The zero-order valence-electron chi connectivity index (χ0n) is 9.44. The summed E-state index contributed by atoms with van der Waals surface area (Å²) >= 11 is 0. The lowest BCUT2D eigenvalue weighted by Crippen LogP contribution is -2.23. The van der Waals surface area contributed by atoms with Crippen LogP contribution >= 0.6 is 0 Å². The number of carbonyl (C=O) groups is 1. The van der Waals surface area contributed by atoms with Crippen molar-refractivity contribution in [1.29, 1.82) is 0 Å². The summed E-state index contributed by atoms with van der Waals surface area (Å²) in [5, 5.41) is 4.09. The van der Waals surface area contributed by atoms with Crippen LogP contribution in [0.2, 0.25) is 0 Å². The van der Waals surface area contributed by atoms with Gasteiger partial charge >= 0.3 is 0 Å². The average molecular weight is 209 g/mol. The van der Waals surface area contributed by atoms with E-state index in [1.165, 1.54) is 0 Å². The van der Waals surface area contributed by atoms with Crippen LogP contribution in [0.15, 0.2) is 12.4 Å². The van der Waals surface area contributed by atoms with Gasteiger partial charge in [0.05, 0.1) is 11.8 Å². The third-order valence-corrected chi connectivity index (χ3v) is 2.53. The second-order valence-corrected chi connectivity index (χ2v) is 3.67. The molecule has 0 bridgehead atoms. The van der Waals surface area contributed by atoms with E-state index in [2.05, 4.69) is 12.0 Å². The lowest BCUT2D eigenvalue weighted by atomic mass is 9.95. The zero-order valence-corrected chi connectivity index (χ0v) is 9.44. The summed E-state index contributed by atoms with van der Waals surface area (Å²) < 4.78 is 1.76. The minimum Gasteiger partial charge on any atom is -0.330 e. The SMILES string of the molecule is CCCC(CN)C(=O)c1cnn(CC)c1. The van der Waals surface area contributed by atoms with E-state index in [4.69, 9.17) is 5.73 Å². The Kier molecular flexibility index (Phi) is 4.49. The van der Waals surface area contributed by atoms with Crippen molar-refractivity contribution in [1.82, 2.24) is 9.78 Å². The number of rotatable bonds is 6. The van der Waals surface area contributed by atoms with E-state index in [1.807, 2.05) is 6.92 Å². The molecule has 0 amide bonds. The molecule has 0 fully saturated rings. The summed E-state index contributed by atoms with van der Waals surface area (Å²) in [6.45, 7) is 5.26. The molecule has 0 aliphatic rings. The molecule has 0 saturated carbocycles. The summed E-state index contributed by atoms with van der Waals surface area (Å²) in [7, 11) is 0. The van der Waals surface area contributed by atoms with Gasteiger partial charge in [-0.1, -0.05) is 13.3 Å². The molecule has 1 aromatic heterocycles. The first-order chi connectivity index (χ1) is 7.22. The fraction of sp³-hybridized carbons (Fsp3) is 0.636. The topological polar surface area (TPSA) is 60.9 Å². The van der Waals surface area contributed by atoms with Gasteiger partial charge in [-0.15, -0.1) is 0 Å². The molecule has 0 aliphatic carbocycles. The maximum absolute atomic E-state index is 12.0. The second-order valence-electron chi connectivity index (χ2n) is 3.67. The maximum Gasteiger partial charge on any atom is 0.170 e. The number of aromatic nitrogens is 2. The van der Waals surface area contributed by atoms with E-state index >= 15 is 0 Å². The van der Waals surface area contributed by atoms with Crippen LogP contribution in [-0.2, 0) is 6.54 Å². The Bertz CT molecular complexity index is 319. The van der Waals surface area contributed by atoms with E-state index in [0.717, 1.165) is 19.4 Å². The van der Waals surface area contributed by atoms with Crippen LogP contribution in [0.4, 0.5) is 0 Å². The molecule has 0 radical (unpaired) electrons. The van der Waals surface area contributed by atoms with Crippen molar-refractivity contribution in [2.24, 2.45) is 11.7 Å². The molecule has 84 valence electrons. The average Bonchev–Trinajstić information content (AvgIpc) is 2.73. The first-order valence-corrected chi connectivity index (χ1v) is 5.49. The van der Waals surface area contributed by atoms with E-state index in [0.29, 0.717) is 12.1 Å². The fourth-order valence-corrected chi connectivity index (χ4v) is 1.60. The molecule has 15 heavy (non-hydrogen) atoms. The van der Waals surface area contributed by atoms with Gasteiger partial charge in [-0.05, 0) is 13.3 Å². The summed E-state index contributed by atoms with van der Waals surface area (Å²) in [6, 6.07) is 0. The van der Waals surface area contributed by atoms with Crippen LogP contribution in [0.3, 0.4) is 0 Å². The lowest BCUT2D eigenvalue weighted by Gasteiger charge is -2.10. The highest BCUT2D eigenvalue weighted by molar-refractivity contribution is 5.97. The maximum atomic E-state index is 12.0. The minimum atomic E-state index is -0.0514. The van der Waals surface area contributed by atoms with Crippen LogP contribution in [0, 0.1) is 5.92 Å². The largest absolute Gasteiger partial charge is 0.330 e. The summed E-state index contributed by atoms with van der Waals surface area (Å²) in [4.78, 5) is 12.0. The van der Waals surface area contributed by atoms with Gasteiger partial charge < -0.3 is 5.73 Å². The lowest BCUT2D eigenvalue weighted by molar-refractivity contribution is 0.0917. The summed E-state index contributed by atoms with van der Waals surface area (Å²) in [5.74, 6) is 0.0727. The highest BCUT2D eigenvalue weighted by Gasteiger charge is 2.18. The summed E-state index contributed by atoms with van der Waals surface area (Å²) in [6.07, 6.45) is 5.26. The standard InChI is InChI=1S/C11H19N3O/c1-3-5-9(6-12)11(15)10-7-13-14(4-2)8-10/h7-9H,3-6,12H2,1-2H3. The Labute approximate surface area is 90.5 Å². The number of nitrogens with zero attached hydrogens (tertiary/aromatic N) is 2. The molecule has 0 spiro atoms. The van der Waals surface area contributed by atoms with Gasteiger partial charge in [0, 0.05) is 25.2 Å². The normalized spacial score (nSPS) is 12.7. The van der Waals surface area contributed by atoms with Crippen LogP contribution in [0.1, 0.15) is 37.0 Å². The Morgan fingerprint density at radius 2 is 2.33 bits per heavy atom. The van der Waals surface area contributed by atoms with Gasteiger partial charge in [-0.3, -0.25) is 9.48 Å². The van der Waals surface area contributed by atoms with Crippen molar-refractivity contribution in [3.63, 3.8) is 0 Å². The third-order valence-electron chi connectivity index (χ3n) is 2.53. The highest BCUT2D eigenvalue weighted by atomic mass is 16.1. The van der Waals surface area contributed by atoms with Gasteiger partial charge in [-0.2, -0.15) is 5.10 Å². The zero-order chi connectivity index (χ0) is 11.3. The number of Topliss-reactive ketones (excluding diaryl/α,β-unsaturated/α-hetero) is 1. The number of aryl methyl sites for hydroxylation is 1. The van der Waals surface area contributed by atoms with Crippen LogP contribution in [-0.4, -0.2) is 22.1 Å². The number of carbonyl (C=O) groups excluding carboxylic acids is 1. The molecule has 2 N–H and O–H groups in total. The van der Waals surface area contributed by atoms with Crippen molar-refractivity contribution in [2.75, 3.05) is 6.54 Å². The molecule has 1 heterocycles. The Morgan fingerprint density at radius 3 is 2.80 bits per heavy atom. The first-order valence-electron chi connectivity index (χ1n) is 5.49.